The zero-order chi connectivity index (χ0) is 19.7. The Bertz CT molecular complexity index is 911. The Hall–Kier alpha value is -3.22. The standard InChI is InChI=1S/C21H20FN3O3/c22-14-5-3-6-15(11-14)23-16-7-4-10-24(12-16)19(26)13-25-20(27)17-8-1-2-9-18(17)21(25)28/h1-3,5-6,8-9,11,16,23H,4,7,10,12-13H2. The molecule has 0 saturated carbocycles. The number of halogens is 1. The second-order valence-corrected chi connectivity index (χ2v) is 7.08. The summed E-state index contributed by atoms with van der Waals surface area (Å²) in [6.07, 6.45) is 1.65. The molecule has 2 aromatic rings. The number of amides is 3. The summed E-state index contributed by atoms with van der Waals surface area (Å²) in [5, 5.41) is 3.25. The first-order valence-electron chi connectivity index (χ1n) is 9.28. The van der Waals surface area contributed by atoms with Crippen LogP contribution in [0.4, 0.5) is 10.1 Å². The lowest BCUT2D eigenvalue weighted by molar-refractivity contribution is -0.132. The van der Waals surface area contributed by atoms with Gasteiger partial charge in [0.25, 0.3) is 11.8 Å². The summed E-state index contributed by atoms with van der Waals surface area (Å²) in [6, 6.07) is 12.8. The summed E-state index contributed by atoms with van der Waals surface area (Å²) in [5.74, 6) is -1.44. The van der Waals surface area contributed by atoms with Crippen molar-refractivity contribution in [2.24, 2.45) is 0 Å². The third-order valence-electron chi connectivity index (χ3n) is 5.14. The molecule has 2 aliphatic rings. The van der Waals surface area contributed by atoms with Crippen LogP contribution in [0.25, 0.3) is 0 Å². The number of piperidine rings is 1. The lowest BCUT2D eigenvalue weighted by Gasteiger charge is -2.34. The molecular weight excluding hydrogens is 361 g/mol. The highest BCUT2D eigenvalue weighted by Gasteiger charge is 2.37. The average molecular weight is 381 g/mol. The predicted octanol–water partition coefficient (Wildman–Crippen LogP) is 2.52. The van der Waals surface area contributed by atoms with E-state index in [1.807, 2.05) is 0 Å². The molecule has 0 aromatic heterocycles. The highest BCUT2D eigenvalue weighted by molar-refractivity contribution is 6.22. The largest absolute Gasteiger partial charge is 0.380 e. The third-order valence-corrected chi connectivity index (χ3v) is 5.14. The molecule has 0 radical (unpaired) electrons. The molecule has 3 amide bonds. The van der Waals surface area contributed by atoms with E-state index in [9.17, 15) is 18.8 Å². The number of rotatable bonds is 4. The van der Waals surface area contributed by atoms with Crippen LogP contribution in [0.15, 0.2) is 48.5 Å². The molecule has 1 unspecified atom stereocenters. The first kappa shape index (κ1) is 18.2. The lowest BCUT2D eigenvalue weighted by atomic mass is 10.1. The maximum Gasteiger partial charge on any atom is 0.262 e. The fraction of sp³-hybridized carbons (Fsp3) is 0.286. The van der Waals surface area contributed by atoms with E-state index in [1.165, 1.54) is 12.1 Å². The summed E-state index contributed by atoms with van der Waals surface area (Å²) in [5.41, 5.74) is 1.34. The zero-order valence-electron chi connectivity index (χ0n) is 15.2. The number of hydrogen-bond donors (Lipinski definition) is 1. The van der Waals surface area contributed by atoms with Crippen LogP contribution >= 0.6 is 0 Å². The number of fused-ring (bicyclic) bond motifs is 1. The van der Waals surface area contributed by atoms with E-state index in [4.69, 9.17) is 0 Å². The Labute approximate surface area is 161 Å². The number of anilines is 1. The molecule has 2 aromatic carbocycles. The first-order valence-corrected chi connectivity index (χ1v) is 9.28. The summed E-state index contributed by atoms with van der Waals surface area (Å²) in [6.45, 7) is 0.751. The molecule has 144 valence electrons. The van der Waals surface area contributed by atoms with Gasteiger partial charge in [0, 0.05) is 24.8 Å². The normalized spacial score (nSPS) is 19.0. The molecule has 0 spiro atoms. The third kappa shape index (κ3) is 3.47. The molecule has 28 heavy (non-hydrogen) atoms. The minimum Gasteiger partial charge on any atom is -0.380 e. The fourth-order valence-electron chi connectivity index (χ4n) is 3.75. The molecule has 2 aliphatic heterocycles. The molecule has 1 fully saturated rings. The number of imide groups is 1. The number of benzene rings is 2. The SMILES string of the molecule is O=C(CN1C(=O)c2ccccc2C1=O)N1CCCC(Nc2cccc(F)c2)C1. The lowest BCUT2D eigenvalue weighted by Crippen LogP contribution is -2.49. The maximum absolute atomic E-state index is 13.4. The fourth-order valence-corrected chi connectivity index (χ4v) is 3.75. The molecule has 0 bridgehead atoms. The second-order valence-electron chi connectivity index (χ2n) is 7.08. The van der Waals surface area contributed by atoms with Crippen molar-refractivity contribution in [3.63, 3.8) is 0 Å². The van der Waals surface area contributed by atoms with Gasteiger partial charge in [0.15, 0.2) is 0 Å². The van der Waals surface area contributed by atoms with E-state index >= 15 is 0 Å². The number of likely N-dealkylation sites (tertiary alicyclic amines) is 1. The molecule has 1 atom stereocenters. The van der Waals surface area contributed by atoms with Crippen molar-refractivity contribution < 1.29 is 18.8 Å². The second kappa shape index (κ2) is 7.42. The number of nitrogens with zero attached hydrogens (tertiary/aromatic N) is 2. The van der Waals surface area contributed by atoms with Gasteiger partial charge in [-0.25, -0.2) is 4.39 Å². The molecular formula is C21H20FN3O3. The monoisotopic (exact) mass is 381 g/mol. The van der Waals surface area contributed by atoms with Crippen molar-refractivity contribution in [2.45, 2.75) is 18.9 Å². The highest BCUT2D eigenvalue weighted by Crippen LogP contribution is 2.23. The first-order chi connectivity index (χ1) is 13.5. The summed E-state index contributed by atoms with van der Waals surface area (Å²) in [7, 11) is 0. The van der Waals surface area contributed by atoms with Crippen molar-refractivity contribution in [3.8, 4) is 0 Å². The van der Waals surface area contributed by atoms with Gasteiger partial charge in [0.05, 0.1) is 11.1 Å². The number of nitrogens with one attached hydrogen (secondary N) is 1. The Morgan fingerprint density at radius 2 is 1.79 bits per heavy atom. The van der Waals surface area contributed by atoms with Crippen molar-refractivity contribution in [1.29, 1.82) is 0 Å². The minimum absolute atomic E-state index is 0.0123. The molecule has 6 nitrogen and oxygen atoms in total. The molecule has 4 rings (SSSR count). The van der Waals surface area contributed by atoms with Crippen molar-refractivity contribution in [1.82, 2.24) is 9.80 Å². The van der Waals surface area contributed by atoms with Crippen LogP contribution in [0.2, 0.25) is 0 Å². The Balaban J connectivity index is 1.40. The van der Waals surface area contributed by atoms with Gasteiger partial charge >= 0.3 is 0 Å². The smallest absolute Gasteiger partial charge is 0.262 e. The Kier molecular flexibility index (Phi) is 4.81. The van der Waals surface area contributed by atoms with Crippen LogP contribution in [0, 0.1) is 5.82 Å². The minimum atomic E-state index is -0.430. The molecule has 1 N–H and O–H groups in total. The molecule has 1 saturated heterocycles. The quantitative estimate of drug-likeness (QED) is 0.827. The number of carbonyl (C=O) groups excluding carboxylic acids is 3. The predicted molar refractivity (Wildman–Crippen MR) is 101 cm³/mol. The van der Waals surface area contributed by atoms with Crippen LogP contribution in [0.5, 0.6) is 0 Å². The van der Waals surface area contributed by atoms with E-state index < -0.39 is 11.8 Å². The van der Waals surface area contributed by atoms with Crippen LogP contribution in [0.3, 0.4) is 0 Å². The van der Waals surface area contributed by atoms with Crippen LogP contribution in [0.1, 0.15) is 33.6 Å². The van der Waals surface area contributed by atoms with Gasteiger partial charge < -0.3 is 10.2 Å². The van der Waals surface area contributed by atoms with E-state index in [0.29, 0.717) is 29.9 Å². The van der Waals surface area contributed by atoms with Gasteiger partial charge in [-0.05, 0) is 43.2 Å². The van der Waals surface area contributed by atoms with E-state index in [0.717, 1.165) is 17.7 Å². The van der Waals surface area contributed by atoms with Gasteiger partial charge in [-0.2, -0.15) is 0 Å². The summed E-state index contributed by atoms with van der Waals surface area (Å²) < 4.78 is 13.4. The van der Waals surface area contributed by atoms with Gasteiger partial charge in [-0.3, -0.25) is 19.3 Å². The summed E-state index contributed by atoms with van der Waals surface area (Å²) in [4.78, 5) is 40.3. The maximum atomic E-state index is 13.4. The zero-order valence-corrected chi connectivity index (χ0v) is 15.2. The van der Waals surface area contributed by atoms with Gasteiger partial charge in [0.1, 0.15) is 12.4 Å². The number of hydrogen-bond acceptors (Lipinski definition) is 4. The molecule has 0 aliphatic carbocycles. The molecule has 7 heteroatoms. The van der Waals surface area contributed by atoms with Crippen LogP contribution in [-0.2, 0) is 4.79 Å². The van der Waals surface area contributed by atoms with E-state index in [-0.39, 0.29) is 24.3 Å². The van der Waals surface area contributed by atoms with Crippen molar-refractivity contribution >= 4 is 23.4 Å². The van der Waals surface area contributed by atoms with Crippen LogP contribution in [-0.4, -0.2) is 53.2 Å². The van der Waals surface area contributed by atoms with Crippen molar-refractivity contribution in [2.75, 3.05) is 25.0 Å². The van der Waals surface area contributed by atoms with Crippen LogP contribution < -0.4 is 5.32 Å². The average Bonchev–Trinajstić information content (AvgIpc) is 2.93. The molecule has 2 heterocycles. The topological polar surface area (TPSA) is 69.7 Å². The Morgan fingerprint density at radius 3 is 2.46 bits per heavy atom. The Morgan fingerprint density at radius 1 is 1.07 bits per heavy atom. The van der Waals surface area contributed by atoms with E-state index in [1.54, 1.807) is 41.3 Å². The van der Waals surface area contributed by atoms with Crippen molar-refractivity contribution in [3.05, 3.63) is 65.5 Å². The van der Waals surface area contributed by atoms with Gasteiger partial charge in [0.2, 0.25) is 5.91 Å². The number of carbonyl (C=O) groups is 3. The van der Waals surface area contributed by atoms with Gasteiger partial charge in [-0.15, -0.1) is 0 Å². The summed E-state index contributed by atoms with van der Waals surface area (Å²) >= 11 is 0. The van der Waals surface area contributed by atoms with Gasteiger partial charge in [-0.1, -0.05) is 18.2 Å². The van der Waals surface area contributed by atoms with E-state index in [2.05, 4.69) is 5.32 Å². The highest BCUT2D eigenvalue weighted by atomic mass is 19.1.